The summed E-state index contributed by atoms with van der Waals surface area (Å²) in [5, 5.41) is 21.1. The largest absolute Gasteiger partial charge is 0.517 e. The molecule has 8 nitrogen and oxygen atoms in total. The standard InChI is InChI=1S/C35H24N5O3.Pt/c1-35(2,3)21-16-30(40-27-11-7-6-10-26(27)39-25-9-5-4-8-24(25)37-34(39)40)38-31(17-21)42-22-13-15-29-23(18-22)32-28(41)14-12-20(19-36)33(32)43-29;/h4-17,41H,1-3H3;/q-1;. The Morgan fingerprint density at radius 2 is 1.66 bits per heavy atom. The molecule has 0 fully saturated rings. The first-order valence-electron chi connectivity index (χ1n) is 13.9. The molecule has 8 rings (SSSR count). The number of phenols is 1. The minimum absolute atomic E-state index is 0. The Morgan fingerprint density at radius 1 is 0.909 bits per heavy atom. The van der Waals surface area contributed by atoms with E-state index in [1.807, 2.05) is 36.4 Å². The van der Waals surface area contributed by atoms with Crippen LogP contribution in [0.2, 0.25) is 0 Å². The maximum absolute atomic E-state index is 10.6. The summed E-state index contributed by atoms with van der Waals surface area (Å²) in [5.74, 6) is 2.23. The van der Waals surface area contributed by atoms with Crippen molar-refractivity contribution in [3.8, 4) is 29.3 Å². The summed E-state index contributed by atoms with van der Waals surface area (Å²) in [6.07, 6.45) is 0. The van der Waals surface area contributed by atoms with Crippen LogP contribution in [0.3, 0.4) is 0 Å². The number of phenolic OH excluding ortho intramolecular Hbond substituents is 1. The molecule has 4 aromatic heterocycles. The Hall–Kier alpha value is -5.12. The van der Waals surface area contributed by atoms with Crippen molar-refractivity contribution in [3.63, 3.8) is 0 Å². The van der Waals surface area contributed by atoms with Crippen molar-refractivity contribution in [2.45, 2.75) is 26.2 Å². The van der Waals surface area contributed by atoms with E-state index >= 15 is 0 Å². The van der Waals surface area contributed by atoms with Crippen molar-refractivity contribution < 1.29 is 35.3 Å². The van der Waals surface area contributed by atoms with E-state index in [0.29, 0.717) is 44.9 Å². The molecule has 4 heterocycles. The zero-order chi connectivity index (χ0) is 29.5. The Kier molecular flexibility index (Phi) is 6.28. The average Bonchev–Trinajstić information content (AvgIpc) is 3.66. The van der Waals surface area contributed by atoms with E-state index in [-0.39, 0.29) is 32.2 Å². The molecule has 0 aliphatic carbocycles. The predicted octanol–water partition coefficient (Wildman–Crippen LogP) is 8.19. The zero-order valence-electron chi connectivity index (χ0n) is 23.9. The van der Waals surface area contributed by atoms with Gasteiger partial charge in [-0.15, -0.1) is 0 Å². The van der Waals surface area contributed by atoms with Crippen LogP contribution in [0.1, 0.15) is 31.9 Å². The van der Waals surface area contributed by atoms with Gasteiger partial charge in [0.05, 0.1) is 33.4 Å². The molecule has 0 aliphatic heterocycles. The predicted molar refractivity (Wildman–Crippen MR) is 165 cm³/mol. The average molecular weight is 758 g/mol. The second kappa shape index (κ2) is 9.97. The summed E-state index contributed by atoms with van der Waals surface area (Å²) in [5.41, 5.74) is 5.89. The second-order valence-corrected chi connectivity index (χ2v) is 11.6. The fraction of sp³-hybridized carbons (Fsp3) is 0.114. The number of hydrogen-bond acceptors (Lipinski definition) is 6. The Balaban J connectivity index is 0.00000312. The molecule has 4 aromatic carbocycles. The molecule has 8 aromatic rings. The molecule has 0 unspecified atom stereocenters. The summed E-state index contributed by atoms with van der Waals surface area (Å²) >= 11 is 0. The van der Waals surface area contributed by atoms with E-state index in [2.05, 4.69) is 66.1 Å². The van der Waals surface area contributed by atoms with Crippen molar-refractivity contribution in [1.29, 1.82) is 5.26 Å². The molecular formula is C35H24N5O3Pt-. The van der Waals surface area contributed by atoms with Crippen molar-refractivity contribution in [3.05, 3.63) is 102 Å². The van der Waals surface area contributed by atoms with Gasteiger partial charge in [-0.2, -0.15) is 10.2 Å². The summed E-state index contributed by atoms with van der Waals surface area (Å²) in [4.78, 5) is 9.98. The van der Waals surface area contributed by atoms with Gasteiger partial charge in [0.2, 0.25) is 11.7 Å². The summed E-state index contributed by atoms with van der Waals surface area (Å²) in [7, 11) is 0. The number of nitriles is 1. The van der Waals surface area contributed by atoms with Gasteiger partial charge in [-0.3, -0.25) is 8.97 Å². The molecule has 1 N–H and O–H groups in total. The summed E-state index contributed by atoms with van der Waals surface area (Å²) < 4.78 is 16.5. The number of ether oxygens (including phenoxy) is 1. The minimum Gasteiger partial charge on any atom is -0.517 e. The molecule has 0 radical (unpaired) electrons. The number of pyridine rings is 1. The molecule has 218 valence electrons. The fourth-order valence-corrected chi connectivity index (χ4v) is 5.69. The minimum atomic E-state index is -0.205. The van der Waals surface area contributed by atoms with Gasteiger partial charge in [-0.05, 0) is 58.8 Å². The van der Waals surface area contributed by atoms with Crippen LogP contribution in [0.5, 0.6) is 17.4 Å². The van der Waals surface area contributed by atoms with Gasteiger partial charge < -0.3 is 14.3 Å². The molecule has 0 spiro atoms. The van der Waals surface area contributed by atoms with E-state index in [4.69, 9.17) is 19.1 Å². The molecule has 0 saturated carbocycles. The van der Waals surface area contributed by atoms with Crippen molar-refractivity contribution in [1.82, 2.24) is 18.9 Å². The second-order valence-electron chi connectivity index (χ2n) is 11.6. The third-order valence-corrected chi connectivity index (χ3v) is 7.80. The first kappa shape index (κ1) is 27.7. The number of para-hydroxylation sites is 4. The van der Waals surface area contributed by atoms with E-state index in [0.717, 1.165) is 33.4 Å². The first-order valence-corrected chi connectivity index (χ1v) is 13.9. The molecule has 9 heteroatoms. The number of rotatable bonds is 3. The summed E-state index contributed by atoms with van der Waals surface area (Å²) in [6, 6.07) is 32.2. The van der Waals surface area contributed by atoms with Gasteiger partial charge in [0.1, 0.15) is 17.5 Å². The number of hydrogen-bond donors (Lipinski definition) is 1. The van der Waals surface area contributed by atoms with E-state index in [9.17, 15) is 10.4 Å². The molecule has 0 aliphatic rings. The van der Waals surface area contributed by atoms with Crippen LogP contribution in [0.25, 0.3) is 55.6 Å². The van der Waals surface area contributed by atoms with Crippen LogP contribution in [0.4, 0.5) is 0 Å². The topological polar surface area (TPSA) is 102 Å². The first-order chi connectivity index (χ1) is 20.8. The van der Waals surface area contributed by atoms with Crippen LogP contribution in [0, 0.1) is 17.4 Å². The maximum atomic E-state index is 10.6. The molecular weight excluding hydrogens is 733 g/mol. The van der Waals surface area contributed by atoms with Gasteiger partial charge in [-0.25, -0.2) is 4.98 Å². The van der Waals surface area contributed by atoms with E-state index < -0.39 is 0 Å². The molecule has 44 heavy (non-hydrogen) atoms. The number of fused-ring (bicyclic) bond motifs is 8. The Labute approximate surface area is 266 Å². The van der Waals surface area contributed by atoms with Crippen LogP contribution < -0.4 is 4.74 Å². The third kappa shape index (κ3) is 4.16. The number of aromatic nitrogens is 4. The smallest absolute Gasteiger partial charge is 0.221 e. The summed E-state index contributed by atoms with van der Waals surface area (Å²) in [6.45, 7) is 6.44. The van der Waals surface area contributed by atoms with Crippen LogP contribution >= 0.6 is 0 Å². The van der Waals surface area contributed by atoms with Crippen LogP contribution in [0.15, 0.2) is 89.3 Å². The van der Waals surface area contributed by atoms with E-state index in [1.165, 1.54) is 12.1 Å². The Morgan fingerprint density at radius 3 is 2.43 bits per heavy atom. The monoisotopic (exact) mass is 757 g/mol. The third-order valence-electron chi connectivity index (χ3n) is 7.80. The van der Waals surface area contributed by atoms with Crippen molar-refractivity contribution >= 4 is 49.8 Å². The quantitative estimate of drug-likeness (QED) is 0.183. The van der Waals surface area contributed by atoms with Crippen molar-refractivity contribution in [2.24, 2.45) is 0 Å². The molecule has 0 amide bonds. The molecule has 0 bridgehead atoms. The van der Waals surface area contributed by atoms with Crippen molar-refractivity contribution in [2.75, 3.05) is 0 Å². The van der Waals surface area contributed by atoms with Gasteiger partial charge in [0.25, 0.3) is 0 Å². The van der Waals surface area contributed by atoms with Crippen LogP contribution in [-0.2, 0) is 26.5 Å². The number of nitrogens with zero attached hydrogens (tertiary/aromatic N) is 5. The van der Waals surface area contributed by atoms with Gasteiger partial charge in [-0.1, -0.05) is 68.6 Å². The van der Waals surface area contributed by atoms with Gasteiger partial charge in [0, 0.05) is 38.5 Å². The molecule has 0 saturated heterocycles. The zero-order valence-corrected chi connectivity index (χ0v) is 26.2. The number of benzene rings is 4. The van der Waals surface area contributed by atoms with Gasteiger partial charge in [0.15, 0.2) is 0 Å². The number of aromatic hydroxyl groups is 1. The maximum Gasteiger partial charge on any atom is 0.221 e. The number of imidazole rings is 2. The normalized spacial score (nSPS) is 11.9. The van der Waals surface area contributed by atoms with Crippen LogP contribution in [-0.4, -0.2) is 24.0 Å². The Bertz CT molecular complexity index is 2460. The fourth-order valence-electron chi connectivity index (χ4n) is 5.69. The van der Waals surface area contributed by atoms with Gasteiger partial charge >= 0.3 is 0 Å². The molecule has 0 atom stereocenters. The van der Waals surface area contributed by atoms with E-state index in [1.54, 1.807) is 12.1 Å². The number of furan rings is 1. The SMILES string of the molecule is CC(C)(C)c1cc(Oc2[c-]c3c(cc2)oc2c(C#N)ccc(O)c23)nc(-n2c3ccccc3n3c4ccccc4nc23)c1.[Pt].